The maximum absolute atomic E-state index is 12.8. The quantitative estimate of drug-likeness (QED) is 0.791. The molecule has 0 unspecified atom stereocenters. The molecule has 1 aromatic carbocycles. The van der Waals surface area contributed by atoms with E-state index in [1.807, 2.05) is 10.3 Å². The van der Waals surface area contributed by atoms with Crippen LogP contribution >= 0.6 is 11.3 Å². The van der Waals surface area contributed by atoms with Gasteiger partial charge in [-0.05, 0) is 36.0 Å². The van der Waals surface area contributed by atoms with Crippen molar-refractivity contribution in [1.29, 1.82) is 0 Å². The summed E-state index contributed by atoms with van der Waals surface area (Å²) in [6, 6.07) is 6.57. The Bertz CT molecular complexity index is 733. The van der Waals surface area contributed by atoms with E-state index in [1.54, 1.807) is 11.3 Å². The predicted molar refractivity (Wildman–Crippen MR) is 101 cm³/mol. The highest BCUT2D eigenvalue weighted by Gasteiger charge is 2.23. The number of carbonyl (C=O) groups is 1. The van der Waals surface area contributed by atoms with E-state index in [4.69, 9.17) is 0 Å². The standard InChI is InChI=1S/C20H26N2OS/c1-13(2)15-7-8-18-16(10-15)6-5-9-22(18)19(23)11-17-12-24-20(21-17)14(3)4/h7-8,10,12-14H,5-6,9,11H2,1-4H3. The van der Waals surface area contributed by atoms with Crippen molar-refractivity contribution < 1.29 is 4.79 Å². The van der Waals surface area contributed by atoms with Crippen LogP contribution < -0.4 is 4.90 Å². The second kappa shape index (κ2) is 7.06. The van der Waals surface area contributed by atoms with Crippen molar-refractivity contribution in [3.63, 3.8) is 0 Å². The van der Waals surface area contributed by atoms with Crippen LogP contribution in [0.3, 0.4) is 0 Å². The molecule has 4 heteroatoms. The molecule has 0 N–H and O–H groups in total. The van der Waals surface area contributed by atoms with E-state index < -0.39 is 0 Å². The molecule has 0 aliphatic carbocycles. The van der Waals surface area contributed by atoms with Gasteiger partial charge < -0.3 is 4.90 Å². The van der Waals surface area contributed by atoms with Gasteiger partial charge in [-0.15, -0.1) is 11.3 Å². The van der Waals surface area contributed by atoms with Gasteiger partial charge in [0.05, 0.1) is 17.1 Å². The number of aromatic nitrogens is 1. The minimum absolute atomic E-state index is 0.161. The lowest BCUT2D eigenvalue weighted by molar-refractivity contribution is -0.118. The highest BCUT2D eigenvalue weighted by Crippen LogP contribution is 2.31. The van der Waals surface area contributed by atoms with Gasteiger partial charge in [0.2, 0.25) is 5.91 Å². The monoisotopic (exact) mass is 342 g/mol. The Morgan fingerprint density at radius 1 is 1.25 bits per heavy atom. The maximum Gasteiger partial charge on any atom is 0.233 e. The second-order valence-electron chi connectivity index (χ2n) is 7.20. The van der Waals surface area contributed by atoms with E-state index >= 15 is 0 Å². The Balaban J connectivity index is 1.79. The third-order valence-corrected chi connectivity index (χ3v) is 5.78. The zero-order chi connectivity index (χ0) is 17.3. The van der Waals surface area contributed by atoms with E-state index in [-0.39, 0.29) is 5.91 Å². The smallest absolute Gasteiger partial charge is 0.233 e. The van der Waals surface area contributed by atoms with Crippen LogP contribution in [0.5, 0.6) is 0 Å². The number of carbonyl (C=O) groups excluding carboxylic acids is 1. The van der Waals surface area contributed by atoms with Gasteiger partial charge in [-0.3, -0.25) is 4.79 Å². The number of hydrogen-bond donors (Lipinski definition) is 0. The highest BCUT2D eigenvalue weighted by molar-refractivity contribution is 7.09. The highest BCUT2D eigenvalue weighted by atomic mass is 32.1. The predicted octanol–water partition coefficient (Wildman–Crippen LogP) is 4.91. The van der Waals surface area contributed by atoms with Crippen molar-refractivity contribution in [2.45, 2.75) is 58.8 Å². The number of nitrogens with zero attached hydrogens (tertiary/aromatic N) is 2. The summed E-state index contributed by atoms with van der Waals surface area (Å²) < 4.78 is 0. The van der Waals surface area contributed by atoms with Crippen LogP contribution in [0.25, 0.3) is 0 Å². The van der Waals surface area contributed by atoms with E-state index in [2.05, 4.69) is 50.9 Å². The Morgan fingerprint density at radius 2 is 2.04 bits per heavy atom. The number of aryl methyl sites for hydroxylation is 1. The first-order valence-corrected chi connectivity index (χ1v) is 9.71. The molecule has 24 heavy (non-hydrogen) atoms. The van der Waals surface area contributed by atoms with Crippen molar-refractivity contribution in [1.82, 2.24) is 4.98 Å². The molecular weight excluding hydrogens is 316 g/mol. The third-order valence-electron chi connectivity index (χ3n) is 4.59. The van der Waals surface area contributed by atoms with E-state index in [1.165, 1.54) is 11.1 Å². The number of amides is 1. The van der Waals surface area contributed by atoms with Gasteiger partial charge in [0, 0.05) is 23.5 Å². The van der Waals surface area contributed by atoms with Crippen molar-refractivity contribution in [2.24, 2.45) is 0 Å². The third kappa shape index (κ3) is 3.54. The fourth-order valence-electron chi connectivity index (χ4n) is 3.15. The summed E-state index contributed by atoms with van der Waals surface area (Å²) in [5.41, 5.74) is 4.65. The summed E-state index contributed by atoms with van der Waals surface area (Å²) in [6.07, 6.45) is 2.50. The van der Waals surface area contributed by atoms with Gasteiger partial charge in [0.1, 0.15) is 0 Å². The molecule has 128 valence electrons. The van der Waals surface area contributed by atoms with Crippen LogP contribution in [-0.2, 0) is 17.6 Å². The molecule has 0 radical (unpaired) electrons. The molecule has 0 spiro atoms. The van der Waals surface area contributed by atoms with E-state index in [0.717, 1.165) is 35.8 Å². The zero-order valence-corrected chi connectivity index (χ0v) is 15.8. The lowest BCUT2D eigenvalue weighted by Crippen LogP contribution is -2.36. The topological polar surface area (TPSA) is 33.2 Å². The average Bonchev–Trinajstić information content (AvgIpc) is 3.02. The summed E-state index contributed by atoms with van der Waals surface area (Å²) in [5.74, 6) is 1.10. The van der Waals surface area contributed by atoms with Gasteiger partial charge in [-0.2, -0.15) is 0 Å². The van der Waals surface area contributed by atoms with Gasteiger partial charge in [-0.1, -0.05) is 39.8 Å². The van der Waals surface area contributed by atoms with Crippen LogP contribution in [0, 0.1) is 0 Å². The molecule has 1 aromatic heterocycles. The molecule has 0 saturated carbocycles. The molecule has 3 nitrogen and oxygen atoms in total. The summed E-state index contributed by atoms with van der Waals surface area (Å²) in [4.78, 5) is 19.4. The molecular formula is C20H26N2OS. The lowest BCUT2D eigenvalue weighted by Gasteiger charge is -2.30. The van der Waals surface area contributed by atoms with Gasteiger partial charge in [-0.25, -0.2) is 4.98 Å². The SMILES string of the molecule is CC(C)c1ccc2c(c1)CCCN2C(=O)Cc1csc(C(C)C)n1. The van der Waals surface area contributed by atoms with Crippen LogP contribution in [0.4, 0.5) is 5.69 Å². The Kier molecular flexibility index (Phi) is 5.04. The fourth-order valence-corrected chi connectivity index (χ4v) is 3.99. The van der Waals surface area contributed by atoms with Crippen molar-refractivity contribution in [3.05, 3.63) is 45.4 Å². The lowest BCUT2D eigenvalue weighted by atomic mass is 9.94. The average molecular weight is 343 g/mol. The molecule has 0 fully saturated rings. The largest absolute Gasteiger partial charge is 0.312 e. The first-order valence-electron chi connectivity index (χ1n) is 8.83. The number of rotatable bonds is 4. The molecule has 2 aromatic rings. The summed E-state index contributed by atoms with van der Waals surface area (Å²) in [7, 11) is 0. The van der Waals surface area contributed by atoms with Gasteiger partial charge in [0.15, 0.2) is 0 Å². The summed E-state index contributed by atoms with van der Waals surface area (Å²) in [5, 5.41) is 3.14. The molecule has 1 aliphatic rings. The Morgan fingerprint density at radius 3 is 2.71 bits per heavy atom. The fraction of sp³-hybridized carbons (Fsp3) is 0.500. The second-order valence-corrected chi connectivity index (χ2v) is 8.09. The number of benzene rings is 1. The first kappa shape index (κ1) is 17.2. The molecule has 3 rings (SSSR count). The van der Waals surface area contributed by atoms with E-state index in [0.29, 0.717) is 18.3 Å². The number of thiazole rings is 1. The number of fused-ring (bicyclic) bond motifs is 1. The molecule has 1 amide bonds. The summed E-state index contributed by atoms with van der Waals surface area (Å²) in [6.45, 7) is 9.51. The van der Waals surface area contributed by atoms with Crippen molar-refractivity contribution >= 4 is 22.9 Å². The zero-order valence-electron chi connectivity index (χ0n) is 15.0. The normalized spacial score (nSPS) is 14.3. The van der Waals surface area contributed by atoms with Gasteiger partial charge >= 0.3 is 0 Å². The van der Waals surface area contributed by atoms with Crippen LogP contribution in [0.1, 0.15) is 67.8 Å². The number of hydrogen-bond acceptors (Lipinski definition) is 3. The minimum Gasteiger partial charge on any atom is -0.312 e. The summed E-state index contributed by atoms with van der Waals surface area (Å²) >= 11 is 1.66. The van der Waals surface area contributed by atoms with Crippen molar-refractivity contribution in [3.8, 4) is 0 Å². The van der Waals surface area contributed by atoms with Crippen molar-refractivity contribution in [2.75, 3.05) is 11.4 Å². The molecule has 2 heterocycles. The molecule has 0 saturated heterocycles. The molecule has 1 aliphatic heterocycles. The molecule has 0 bridgehead atoms. The number of anilines is 1. The van der Waals surface area contributed by atoms with Gasteiger partial charge in [0.25, 0.3) is 0 Å². The van der Waals surface area contributed by atoms with E-state index in [9.17, 15) is 4.79 Å². The van der Waals surface area contributed by atoms with Crippen LogP contribution in [0.15, 0.2) is 23.6 Å². The minimum atomic E-state index is 0.161. The van der Waals surface area contributed by atoms with Crippen LogP contribution in [-0.4, -0.2) is 17.4 Å². The molecule has 0 atom stereocenters. The maximum atomic E-state index is 12.8. The Hall–Kier alpha value is -1.68. The van der Waals surface area contributed by atoms with Crippen LogP contribution in [0.2, 0.25) is 0 Å². The first-order chi connectivity index (χ1) is 11.5. The Labute approximate surface area is 148 Å².